The second-order valence-corrected chi connectivity index (χ2v) is 6.81. The maximum atomic E-state index is 13.0. The zero-order valence-corrected chi connectivity index (χ0v) is 15.6. The number of carbonyl (C=O) groups excluding carboxylic acids is 2. The van der Waals surface area contributed by atoms with Crippen LogP contribution in [0.4, 0.5) is 11.4 Å². The number of amides is 1. The summed E-state index contributed by atoms with van der Waals surface area (Å²) in [5.41, 5.74) is 0.0360. The van der Waals surface area contributed by atoms with Crippen LogP contribution in [0.15, 0.2) is 18.2 Å². The quantitative estimate of drug-likeness (QED) is 0.437. The molecule has 1 aromatic carbocycles. The van der Waals surface area contributed by atoms with Crippen LogP contribution in [-0.2, 0) is 14.3 Å². The number of carbonyl (C=O) groups is 2. The van der Waals surface area contributed by atoms with Gasteiger partial charge in [0.1, 0.15) is 11.8 Å². The Morgan fingerprint density at radius 3 is 2.50 bits per heavy atom. The lowest BCUT2D eigenvalue weighted by molar-refractivity contribution is -0.384. The summed E-state index contributed by atoms with van der Waals surface area (Å²) < 4.78 is 11.0. The van der Waals surface area contributed by atoms with Gasteiger partial charge >= 0.3 is 5.97 Å². The third-order valence-electron chi connectivity index (χ3n) is 4.08. The molecule has 142 valence electrons. The van der Waals surface area contributed by atoms with Gasteiger partial charge in [-0.25, -0.2) is 4.79 Å². The van der Waals surface area contributed by atoms with Crippen molar-refractivity contribution in [3.8, 4) is 5.75 Å². The van der Waals surface area contributed by atoms with Crippen molar-refractivity contribution in [1.82, 2.24) is 0 Å². The predicted molar refractivity (Wildman–Crippen MR) is 95.1 cm³/mol. The summed E-state index contributed by atoms with van der Waals surface area (Å²) in [6.07, 6.45) is -0.799. The van der Waals surface area contributed by atoms with Crippen LogP contribution in [0.2, 0.25) is 0 Å². The van der Waals surface area contributed by atoms with Crippen LogP contribution in [-0.4, -0.2) is 35.0 Å². The number of ether oxygens (including phenoxy) is 2. The molecule has 0 saturated carbocycles. The van der Waals surface area contributed by atoms with Crippen molar-refractivity contribution in [1.29, 1.82) is 0 Å². The number of anilines is 1. The van der Waals surface area contributed by atoms with E-state index in [1.807, 2.05) is 13.8 Å². The molecule has 2 atom stereocenters. The molecule has 26 heavy (non-hydrogen) atoms. The van der Waals surface area contributed by atoms with Gasteiger partial charge in [-0.05, 0) is 32.3 Å². The third-order valence-corrected chi connectivity index (χ3v) is 4.08. The summed E-state index contributed by atoms with van der Waals surface area (Å²) in [6, 6.07) is 3.16. The van der Waals surface area contributed by atoms with Gasteiger partial charge < -0.3 is 9.47 Å². The highest BCUT2D eigenvalue weighted by molar-refractivity contribution is 6.05. The Morgan fingerprint density at radius 2 is 2.00 bits per heavy atom. The van der Waals surface area contributed by atoms with Crippen LogP contribution in [0, 0.1) is 16.0 Å². The SMILES string of the molecule is CCC(C(=O)OC(C)C)N1C(=O)C(C(C)C)Oc2ccc([N+](=O)[O-])cc21. The molecule has 0 spiro atoms. The van der Waals surface area contributed by atoms with E-state index in [1.54, 1.807) is 20.8 Å². The Bertz CT molecular complexity index is 716. The van der Waals surface area contributed by atoms with E-state index in [0.29, 0.717) is 12.2 Å². The van der Waals surface area contributed by atoms with Crippen molar-refractivity contribution >= 4 is 23.3 Å². The molecule has 0 bridgehead atoms. The fourth-order valence-electron chi connectivity index (χ4n) is 2.86. The Morgan fingerprint density at radius 1 is 1.35 bits per heavy atom. The molecule has 1 aliphatic rings. The number of hydrogen-bond acceptors (Lipinski definition) is 6. The van der Waals surface area contributed by atoms with E-state index in [0.717, 1.165) is 0 Å². The van der Waals surface area contributed by atoms with Gasteiger partial charge in [-0.15, -0.1) is 0 Å². The number of hydrogen-bond donors (Lipinski definition) is 0. The molecule has 0 saturated heterocycles. The highest BCUT2D eigenvalue weighted by atomic mass is 16.6. The average molecular weight is 364 g/mol. The van der Waals surface area contributed by atoms with Crippen molar-refractivity contribution in [3.63, 3.8) is 0 Å². The zero-order chi connectivity index (χ0) is 19.6. The number of nitrogens with zero attached hydrogens (tertiary/aromatic N) is 2. The first-order valence-corrected chi connectivity index (χ1v) is 8.66. The molecule has 1 amide bonds. The summed E-state index contributed by atoms with van der Waals surface area (Å²) in [7, 11) is 0. The number of esters is 1. The molecule has 2 unspecified atom stereocenters. The van der Waals surface area contributed by atoms with E-state index in [2.05, 4.69) is 0 Å². The molecule has 8 heteroatoms. The molecule has 0 aliphatic carbocycles. The van der Waals surface area contributed by atoms with Gasteiger partial charge in [0, 0.05) is 12.1 Å². The summed E-state index contributed by atoms with van der Waals surface area (Å²) >= 11 is 0. The summed E-state index contributed by atoms with van der Waals surface area (Å²) in [4.78, 5) is 37.4. The zero-order valence-electron chi connectivity index (χ0n) is 15.6. The normalized spacial score (nSPS) is 17.7. The van der Waals surface area contributed by atoms with Gasteiger partial charge in [-0.2, -0.15) is 0 Å². The molecular weight excluding hydrogens is 340 g/mol. The minimum atomic E-state index is -0.879. The smallest absolute Gasteiger partial charge is 0.329 e. The van der Waals surface area contributed by atoms with Gasteiger partial charge in [0.2, 0.25) is 0 Å². The summed E-state index contributed by atoms with van der Waals surface area (Å²) in [5.74, 6) is -0.741. The van der Waals surface area contributed by atoms with Crippen molar-refractivity contribution in [2.24, 2.45) is 5.92 Å². The molecular formula is C18H24N2O6. The second kappa shape index (κ2) is 7.72. The van der Waals surface area contributed by atoms with Crippen molar-refractivity contribution in [3.05, 3.63) is 28.3 Å². The molecule has 0 radical (unpaired) electrons. The van der Waals surface area contributed by atoms with Crippen LogP contribution < -0.4 is 9.64 Å². The molecule has 0 aromatic heterocycles. The van der Waals surface area contributed by atoms with Crippen molar-refractivity contribution in [2.45, 2.75) is 59.3 Å². The van der Waals surface area contributed by atoms with Gasteiger partial charge in [-0.1, -0.05) is 20.8 Å². The van der Waals surface area contributed by atoms with E-state index >= 15 is 0 Å². The molecule has 1 aliphatic heterocycles. The minimum absolute atomic E-state index is 0.132. The first kappa shape index (κ1) is 19.7. The number of nitro benzene ring substituents is 1. The predicted octanol–water partition coefficient (Wildman–Crippen LogP) is 3.08. The number of nitro groups is 1. The fraction of sp³-hybridized carbons (Fsp3) is 0.556. The van der Waals surface area contributed by atoms with Crippen LogP contribution in [0.5, 0.6) is 5.75 Å². The summed E-state index contributed by atoms with van der Waals surface area (Å²) in [5, 5.41) is 11.1. The lowest BCUT2D eigenvalue weighted by atomic mass is 10.0. The van der Waals surface area contributed by atoms with E-state index in [4.69, 9.17) is 9.47 Å². The summed E-state index contributed by atoms with van der Waals surface area (Å²) in [6.45, 7) is 8.88. The van der Waals surface area contributed by atoms with E-state index in [9.17, 15) is 19.7 Å². The molecule has 8 nitrogen and oxygen atoms in total. The van der Waals surface area contributed by atoms with Gasteiger partial charge in [0.25, 0.3) is 11.6 Å². The lowest BCUT2D eigenvalue weighted by Gasteiger charge is -2.39. The Labute approximate surface area is 152 Å². The largest absolute Gasteiger partial charge is 0.478 e. The van der Waals surface area contributed by atoms with E-state index < -0.39 is 28.9 Å². The number of fused-ring (bicyclic) bond motifs is 1. The van der Waals surface area contributed by atoms with E-state index in [1.165, 1.54) is 23.1 Å². The monoisotopic (exact) mass is 364 g/mol. The van der Waals surface area contributed by atoms with Crippen LogP contribution in [0.3, 0.4) is 0 Å². The molecule has 0 N–H and O–H groups in total. The maximum Gasteiger partial charge on any atom is 0.329 e. The fourth-order valence-corrected chi connectivity index (χ4v) is 2.86. The Hall–Kier alpha value is -2.64. The van der Waals surface area contributed by atoms with Crippen LogP contribution >= 0.6 is 0 Å². The lowest BCUT2D eigenvalue weighted by Crippen LogP contribution is -2.55. The number of benzene rings is 1. The minimum Gasteiger partial charge on any atom is -0.478 e. The van der Waals surface area contributed by atoms with Gasteiger partial charge in [0.05, 0.1) is 16.7 Å². The first-order chi connectivity index (χ1) is 12.2. The molecule has 0 fully saturated rings. The Balaban J connectivity index is 2.56. The van der Waals surface area contributed by atoms with Crippen molar-refractivity contribution < 1.29 is 24.0 Å². The van der Waals surface area contributed by atoms with Crippen LogP contribution in [0.1, 0.15) is 41.0 Å². The first-order valence-electron chi connectivity index (χ1n) is 8.66. The third kappa shape index (κ3) is 3.79. The number of rotatable bonds is 6. The van der Waals surface area contributed by atoms with Crippen molar-refractivity contribution in [2.75, 3.05) is 4.90 Å². The standard InChI is InChI=1S/C18H24N2O6/c1-6-13(18(22)25-11(4)5)19-14-9-12(20(23)24)7-8-15(14)26-16(10(2)3)17(19)21/h7-11,13,16H,6H2,1-5H3. The maximum absolute atomic E-state index is 13.0. The Kier molecular flexibility index (Phi) is 5.84. The highest BCUT2D eigenvalue weighted by Gasteiger charge is 2.43. The molecule has 1 aromatic rings. The van der Waals surface area contributed by atoms with Gasteiger partial charge in [-0.3, -0.25) is 19.8 Å². The highest BCUT2D eigenvalue weighted by Crippen LogP contribution is 2.40. The number of non-ortho nitro benzene ring substituents is 1. The second-order valence-electron chi connectivity index (χ2n) is 6.81. The van der Waals surface area contributed by atoms with Crippen LogP contribution in [0.25, 0.3) is 0 Å². The molecule has 1 heterocycles. The van der Waals surface area contributed by atoms with Gasteiger partial charge in [0.15, 0.2) is 6.10 Å². The topological polar surface area (TPSA) is 99.0 Å². The average Bonchev–Trinajstić information content (AvgIpc) is 2.55. The molecule has 2 rings (SSSR count). The van der Waals surface area contributed by atoms with E-state index in [-0.39, 0.29) is 23.4 Å².